The summed E-state index contributed by atoms with van der Waals surface area (Å²) in [5.41, 5.74) is 1.70. The molecule has 1 heterocycles. The Balaban J connectivity index is 1.27. The first-order chi connectivity index (χ1) is 17.9. The Bertz CT molecular complexity index is 1470. The van der Waals surface area contributed by atoms with Gasteiger partial charge in [-0.1, -0.05) is 6.92 Å². The lowest BCUT2D eigenvalue weighted by Crippen LogP contribution is -2.35. The van der Waals surface area contributed by atoms with Gasteiger partial charge in [0.15, 0.2) is 0 Å². The highest BCUT2D eigenvalue weighted by atomic mass is 19.1. The van der Waals surface area contributed by atoms with Crippen LogP contribution in [0.2, 0.25) is 0 Å². The molecule has 3 aromatic carbocycles. The van der Waals surface area contributed by atoms with Gasteiger partial charge in [-0.2, -0.15) is 0 Å². The summed E-state index contributed by atoms with van der Waals surface area (Å²) in [6, 6.07) is 18.1. The zero-order valence-corrected chi connectivity index (χ0v) is 20.5. The molecule has 1 aliphatic rings. The Labute approximate surface area is 213 Å². The number of fused-ring (bicyclic) bond motifs is 1. The van der Waals surface area contributed by atoms with Crippen LogP contribution in [-0.2, 0) is 16.0 Å². The number of aromatic nitrogens is 1. The molecule has 1 fully saturated rings. The number of hydrogen-bond acceptors (Lipinski definition) is 5. The number of benzene rings is 3. The Kier molecular flexibility index (Phi) is 6.48. The molecule has 37 heavy (non-hydrogen) atoms. The molecular formula is C29H26FN3O4. The van der Waals surface area contributed by atoms with Gasteiger partial charge in [0.1, 0.15) is 28.5 Å². The summed E-state index contributed by atoms with van der Waals surface area (Å²) in [4.78, 5) is 30.1. The molecule has 0 saturated heterocycles. The summed E-state index contributed by atoms with van der Waals surface area (Å²) >= 11 is 0. The summed E-state index contributed by atoms with van der Waals surface area (Å²) in [5.74, 6) is 0.876. The number of carbonyl (C=O) groups is 2. The molecule has 0 radical (unpaired) electrons. The molecule has 1 aromatic heterocycles. The van der Waals surface area contributed by atoms with E-state index >= 15 is 0 Å². The number of halogens is 1. The molecule has 4 aromatic rings. The number of nitrogens with one attached hydrogen (secondary N) is 2. The second-order valence-corrected chi connectivity index (χ2v) is 8.97. The van der Waals surface area contributed by atoms with Crippen LogP contribution in [0.15, 0.2) is 72.9 Å². The lowest BCUT2D eigenvalue weighted by atomic mass is 10.0. The van der Waals surface area contributed by atoms with E-state index in [1.807, 2.05) is 12.1 Å². The second-order valence-electron chi connectivity index (χ2n) is 8.97. The number of carbonyl (C=O) groups excluding carboxylic acids is 2. The molecule has 1 saturated carbocycles. The minimum absolute atomic E-state index is 0.373. The van der Waals surface area contributed by atoms with Gasteiger partial charge in [0, 0.05) is 29.0 Å². The first-order valence-corrected chi connectivity index (χ1v) is 12.0. The summed E-state index contributed by atoms with van der Waals surface area (Å²) in [7, 11) is 1.64. The minimum atomic E-state index is -1.13. The average molecular weight is 500 g/mol. The SMILES string of the molecule is CCc1cc2c(Oc3ccc(NC(=O)C4(C(=O)Nc5ccc(F)cc5)CC4)cc3)ccnc2cc1OC. The number of rotatable bonds is 8. The van der Waals surface area contributed by atoms with E-state index in [-0.39, 0.29) is 5.91 Å². The van der Waals surface area contributed by atoms with Crippen LogP contribution in [-0.4, -0.2) is 23.9 Å². The lowest BCUT2D eigenvalue weighted by Gasteiger charge is -2.16. The van der Waals surface area contributed by atoms with Gasteiger partial charge in [0.2, 0.25) is 11.8 Å². The van der Waals surface area contributed by atoms with Crippen LogP contribution < -0.4 is 20.1 Å². The van der Waals surface area contributed by atoms with E-state index in [4.69, 9.17) is 9.47 Å². The number of methoxy groups -OCH3 is 1. The Morgan fingerprint density at radius 2 is 1.54 bits per heavy atom. The molecule has 188 valence electrons. The van der Waals surface area contributed by atoms with Gasteiger partial charge in [-0.15, -0.1) is 0 Å². The van der Waals surface area contributed by atoms with Gasteiger partial charge in [0.05, 0.1) is 12.6 Å². The van der Waals surface area contributed by atoms with Crippen LogP contribution in [0, 0.1) is 11.2 Å². The molecule has 0 aliphatic heterocycles. The third-order valence-corrected chi connectivity index (χ3v) is 6.55. The lowest BCUT2D eigenvalue weighted by molar-refractivity contribution is -0.131. The van der Waals surface area contributed by atoms with Crippen LogP contribution in [0.1, 0.15) is 25.3 Å². The van der Waals surface area contributed by atoms with Gasteiger partial charge in [0.25, 0.3) is 0 Å². The van der Waals surface area contributed by atoms with Gasteiger partial charge < -0.3 is 20.1 Å². The normalized spacial score (nSPS) is 13.6. The number of pyridine rings is 1. The highest BCUT2D eigenvalue weighted by Gasteiger charge is 2.56. The highest BCUT2D eigenvalue weighted by molar-refractivity contribution is 6.16. The Hall–Kier alpha value is -4.46. The van der Waals surface area contributed by atoms with Crippen molar-refractivity contribution in [3.05, 3.63) is 84.3 Å². The van der Waals surface area contributed by atoms with Crippen LogP contribution in [0.3, 0.4) is 0 Å². The van der Waals surface area contributed by atoms with Crippen molar-refractivity contribution in [1.29, 1.82) is 0 Å². The summed E-state index contributed by atoms with van der Waals surface area (Å²) < 4.78 is 24.7. The van der Waals surface area contributed by atoms with Crippen LogP contribution in [0.4, 0.5) is 15.8 Å². The van der Waals surface area contributed by atoms with Crippen molar-refractivity contribution in [2.24, 2.45) is 5.41 Å². The number of aryl methyl sites for hydroxylation is 1. The van der Waals surface area contributed by atoms with E-state index in [2.05, 4.69) is 22.5 Å². The first-order valence-electron chi connectivity index (χ1n) is 12.0. The van der Waals surface area contributed by atoms with E-state index in [1.165, 1.54) is 24.3 Å². The van der Waals surface area contributed by atoms with Crippen molar-refractivity contribution < 1.29 is 23.5 Å². The van der Waals surface area contributed by atoms with Crippen molar-refractivity contribution >= 4 is 34.1 Å². The monoisotopic (exact) mass is 499 g/mol. The predicted molar refractivity (Wildman–Crippen MR) is 140 cm³/mol. The molecule has 0 bridgehead atoms. The summed E-state index contributed by atoms with van der Waals surface area (Å²) in [6.07, 6.45) is 3.40. The molecule has 7 nitrogen and oxygen atoms in total. The van der Waals surface area contributed by atoms with Gasteiger partial charge >= 0.3 is 0 Å². The molecule has 2 amide bonds. The molecule has 5 rings (SSSR count). The Morgan fingerprint density at radius 3 is 2.11 bits per heavy atom. The molecule has 0 atom stereocenters. The molecule has 1 aliphatic carbocycles. The molecule has 0 unspecified atom stereocenters. The van der Waals surface area contributed by atoms with Crippen molar-refractivity contribution in [1.82, 2.24) is 4.98 Å². The maximum absolute atomic E-state index is 13.1. The van der Waals surface area contributed by atoms with E-state index in [0.29, 0.717) is 35.7 Å². The fraction of sp³-hybridized carbons (Fsp3) is 0.207. The van der Waals surface area contributed by atoms with Crippen molar-refractivity contribution in [3.63, 3.8) is 0 Å². The highest BCUT2D eigenvalue weighted by Crippen LogP contribution is 2.47. The molecule has 0 spiro atoms. The van der Waals surface area contributed by atoms with E-state index < -0.39 is 17.1 Å². The Morgan fingerprint density at radius 1 is 0.919 bits per heavy atom. The number of ether oxygens (including phenoxy) is 2. The minimum Gasteiger partial charge on any atom is -0.496 e. The molecular weight excluding hydrogens is 473 g/mol. The van der Waals surface area contributed by atoms with Gasteiger partial charge in [-0.05, 0) is 85.5 Å². The second kappa shape index (κ2) is 9.89. The predicted octanol–water partition coefficient (Wildman–Crippen LogP) is 6.09. The maximum Gasteiger partial charge on any atom is 0.240 e. The zero-order valence-electron chi connectivity index (χ0n) is 20.5. The zero-order chi connectivity index (χ0) is 26.0. The average Bonchev–Trinajstić information content (AvgIpc) is 3.73. The van der Waals surface area contributed by atoms with Crippen molar-refractivity contribution in [2.75, 3.05) is 17.7 Å². The smallest absolute Gasteiger partial charge is 0.240 e. The van der Waals surface area contributed by atoms with Crippen molar-refractivity contribution in [2.45, 2.75) is 26.2 Å². The van der Waals surface area contributed by atoms with Crippen LogP contribution in [0.25, 0.3) is 10.9 Å². The number of amides is 2. The molecule has 2 N–H and O–H groups in total. The van der Waals surface area contributed by atoms with Crippen LogP contribution >= 0.6 is 0 Å². The fourth-order valence-electron chi connectivity index (χ4n) is 4.20. The van der Waals surface area contributed by atoms with Gasteiger partial charge in [-0.3, -0.25) is 14.6 Å². The first kappa shape index (κ1) is 24.2. The van der Waals surface area contributed by atoms with Crippen LogP contribution in [0.5, 0.6) is 17.2 Å². The number of nitrogens with zero attached hydrogens (tertiary/aromatic N) is 1. The largest absolute Gasteiger partial charge is 0.496 e. The van der Waals surface area contributed by atoms with Crippen molar-refractivity contribution in [3.8, 4) is 17.2 Å². The van der Waals surface area contributed by atoms with E-state index in [1.54, 1.807) is 43.6 Å². The number of hydrogen-bond donors (Lipinski definition) is 2. The standard InChI is InChI=1S/C29H26FN3O4/c1-3-18-16-23-24(17-26(18)36-2)31-15-12-25(23)37-22-10-8-21(9-11-22)33-28(35)29(13-14-29)27(34)32-20-6-4-19(30)5-7-20/h4-12,15-17H,3,13-14H2,1-2H3,(H,32,34)(H,33,35). The fourth-order valence-corrected chi connectivity index (χ4v) is 4.20. The van der Waals surface area contributed by atoms with E-state index in [0.717, 1.165) is 28.6 Å². The quantitative estimate of drug-likeness (QED) is 0.286. The van der Waals surface area contributed by atoms with Gasteiger partial charge in [-0.25, -0.2) is 4.39 Å². The summed E-state index contributed by atoms with van der Waals surface area (Å²) in [6.45, 7) is 2.06. The van der Waals surface area contributed by atoms with E-state index in [9.17, 15) is 14.0 Å². The molecule has 8 heteroatoms. The third kappa shape index (κ3) is 4.95. The summed E-state index contributed by atoms with van der Waals surface area (Å²) in [5, 5.41) is 6.41. The topological polar surface area (TPSA) is 89.5 Å². The number of anilines is 2. The maximum atomic E-state index is 13.1. The third-order valence-electron chi connectivity index (χ3n) is 6.55.